The zero-order valence-electron chi connectivity index (χ0n) is 11.6. The van der Waals surface area contributed by atoms with Crippen LogP contribution in [-0.4, -0.2) is 5.91 Å². The summed E-state index contributed by atoms with van der Waals surface area (Å²) in [4.78, 5) is 12.5. The van der Waals surface area contributed by atoms with E-state index in [2.05, 4.69) is 21.2 Å². The molecule has 2 aromatic rings. The van der Waals surface area contributed by atoms with Crippen molar-refractivity contribution in [3.63, 3.8) is 0 Å². The van der Waals surface area contributed by atoms with Crippen LogP contribution in [0, 0.1) is 0 Å². The van der Waals surface area contributed by atoms with Gasteiger partial charge in [-0.15, -0.1) is 0 Å². The number of hydrogen-bond acceptors (Lipinski definition) is 1. The van der Waals surface area contributed by atoms with Crippen LogP contribution in [0.15, 0.2) is 46.9 Å². The highest BCUT2D eigenvalue weighted by atomic mass is 79.9. The van der Waals surface area contributed by atoms with Gasteiger partial charge in [0, 0.05) is 20.2 Å². The highest BCUT2D eigenvalue weighted by Crippen LogP contribution is 2.30. The maximum atomic E-state index is 12.5. The van der Waals surface area contributed by atoms with Gasteiger partial charge < -0.3 is 5.32 Å². The van der Waals surface area contributed by atoms with Gasteiger partial charge in [-0.1, -0.05) is 39.1 Å². The Labute approximate surface area is 142 Å². The summed E-state index contributed by atoms with van der Waals surface area (Å²) in [7, 11) is 0. The van der Waals surface area contributed by atoms with Crippen LogP contribution in [0.3, 0.4) is 0 Å². The van der Waals surface area contributed by atoms with Crippen LogP contribution in [0.5, 0.6) is 0 Å². The molecule has 2 rings (SSSR count). The van der Waals surface area contributed by atoms with Gasteiger partial charge in [-0.2, -0.15) is 0 Å². The molecule has 0 aromatic heterocycles. The van der Waals surface area contributed by atoms with E-state index >= 15 is 0 Å². The Morgan fingerprint density at radius 1 is 1.05 bits per heavy atom. The van der Waals surface area contributed by atoms with Crippen LogP contribution in [0.4, 0.5) is 5.69 Å². The summed E-state index contributed by atoms with van der Waals surface area (Å²) in [6.45, 7) is 3.67. The highest BCUT2D eigenvalue weighted by Gasteiger charge is 2.30. The van der Waals surface area contributed by atoms with Crippen molar-refractivity contribution in [2.45, 2.75) is 19.3 Å². The van der Waals surface area contributed by atoms with E-state index in [0.29, 0.717) is 10.0 Å². The maximum absolute atomic E-state index is 12.5. The van der Waals surface area contributed by atoms with E-state index in [4.69, 9.17) is 23.2 Å². The zero-order chi connectivity index (χ0) is 15.6. The van der Waals surface area contributed by atoms with Gasteiger partial charge in [0.15, 0.2) is 0 Å². The van der Waals surface area contributed by atoms with Gasteiger partial charge in [-0.25, -0.2) is 0 Å². The number of nitrogens with one attached hydrogen (secondary N) is 1. The van der Waals surface area contributed by atoms with Gasteiger partial charge in [0.25, 0.3) is 0 Å². The fourth-order valence-corrected chi connectivity index (χ4v) is 2.66. The Morgan fingerprint density at radius 3 is 2.10 bits per heavy atom. The minimum Gasteiger partial charge on any atom is -0.325 e. The molecule has 0 unspecified atom stereocenters. The van der Waals surface area contributed by atoms with Crippen molar-refractivity contribution in [3.05, 3.63) is 62.5 Å². The molecule has 2 aromatic carbocycles. The van der Waals surface area contributed by atoms with Crippen molar-refractivity contribution < 1.29 is 4.79 Å². The van der Waals surface area contributed by atoms with Crippen molar-refractivity contribution in [1.82, 2.24) is 0 Å². The molecule has 0 fully saturated rings. The number of amides is 1. The number of benzene rings is 2. The standard InChI is InChI=1S/C16H14BrCl2NO/c1-16(2,10-7-12(18)9-13(19)8-10)15(21)20-14-5-3-11(17)4-6-14/h3-9H,1-2H3,(H,20,21). The molecular weight excluding hydrogens is 373 g/mol. The number of carbonyl (C=O) groups is 1. The van der Waals surface area contributed by atoms with E-state index in [1.807, 2.05) is 38.1 Å². The highest BCUT2D eigenvalue weighted by molar-refractivity contribution is 9.10. The lowest BCUT2D eigenvalue weighted by molar-refractivity contribution is -0.120. The fourth-order valence-electron chi connectivity index (χ4n) is 1.87. The largest absolute Gasteiger partial charge is 0.325 e. The quantitative estimate of drug-likeness (QED) is 0.722. The molecule has 0 bridgehead atoms. The molecule has 0 aliphatic carbocycles. The molecule has 0 radical (unpaired) electrons. The van der Waals surface area contributed by atoms with Crippen molar-refractivity contribution in [3.8, 4) is 0 Å². The first-order valence-electron chi connectivity index (χ1n) is 6.32. The zero-order valence-corrected chi connectivity index (χ0v) is 14.7. The molecule has 0 heterocycles. The first kappa shape index (κ1) is 16.3. The first-order chi connectivity index (χ1) is 9.79. The topological polar surface area (TPSA) is 29.1 Å². The third kappa shape index (κ3) is 4.00. The van der Waals surface area contributed by atoms with Gasteiger partial charge in [-0.3, -0.25) is 4.79 Å². The number of hydrogen-bond donors (Lipinski definition) is 1. The van der Waals surface area contributed by atoms with Crippen LogP contribution < -0.4 is 5.32 Å². The molecule has 0 aliphatic heterocycles. The van der Waals surface area contributed by atoms with Crippen LogP contribution >= 0.6 is 39.1 Å². The monoisotopic (exact) mass is 385 g/mol. The Balaban J connectivity index is 2.25. The smallest absolute Gasteiger partial charge is 0.234 e. The molecule has 1 amide bonds. The molecule has 1 N–H and O–H groups in total. The van der Waals surface area contributed by atoms with Crippen LogP contribution in [-0.2, 0) is 10.2 Å². The maximum Gasteiger partial charge on any atom is 0.234 e. The molecular formula is C16H14BrCl2NO. The fraction of sp³-hybridized carbons (Fsp3) is 0.188. The van der Waals surface area contributed by atoms with E-state index in [9.17, 15) is 4.79 Å². The summed E-state index contributed by atoms with van der Waals surface area (Å²) in [5.74, 6) is -0.122. The molecule has 0 saturated carbocycles. The van der Waals surface area contributed by atoms with Gasteiger partial charge in [0.2, 0.25) is 5.91 Å². The second-order valence-electron chi connectivity index (χ2n) is 5.24. The molecule has 2 nitrogen and oxygen atoms in total. The van der Waals surface area contributed by atoms with Gasteiger partial charge >= 0.3 is 0 Å². The van der Waals surface area contributed by atoms with E-state index in [-0.39, 0.29) is 5.91 Å². The summed E-state index contributed by atoms with van der Waals surface area (Å²) in [6, 6.07) is 12.6. The van der Waals surface area contributed by atoms with E-state index in [0.717, 1.165) is 15.7 Å². The molecule has 0 aliphatic rings. The van der Waals surface area contributed by atoms with E-state index < -0.39 is 5.41 Å². The van der Waals surface area contributed by atoms with Gasteiger partial charge in [-0.05, 0) is 61.9 Å². The summed E-state index contributed by atoms with van der Waals surface area (Å²) in [5, 5.41) is 3.93. The molecule has 110 valence electrons. The Bertz CT molecular complexity index is 648. The van der Waals surface area contributed by atoms with Crippen LogP contribution in [0.25, 0.3) is 0 Å². The van der Waals surface area contributed by atoms with Crippen molar-refractivity contribution in [2.24, 2.45) is 0 Å². The van der Waals surface area contributed by atoms with E-state index in [1.54, 1.807) is 18.2 Å². The molecule has 0 spiro atoms. The lowest BCUT2D eigenvalue weighted by Gasteiger charge is -2.24. The number of halogens is 3. The average Bonchev–Trinajstić information content (AvgIpc) is 2.40. The van der Waals surface area contributed by atoms with Crippen molar-refractivity contribution >= 4 is 50.7 Å². The minimum atomic E-state index is -0.748. The number of anilines is 1. The third-order valence-corrected chi connectivity index (χ3v) is 4.22. The van der Waals surface area contributed by atoms with Crippen LogP contribution in [0.2, 0.25) is 10.0 Å². The van der Waals surface area contributed by atoms with Gasteiger partial charge in [0.1, 0.15) is 0 Å². The Hall–Kier alpha value is -1.03. The van der Waals surface area contributed by atoms with E-state index in [1.165, 1.54) is 0 Å². The Kier molecular flexibility index (Phi) is 4.97. The SMILES string of the molecule is CC(C)(C(=O)Nc1ccc(Br)cc1)c1cc(Cl)cc(Cl)c1. The van der Waals surface area contributed by atoms with Gasteiger partial charge in [0.05, 0.1) is 5.41 Å². The second-order valence-corrected chi connectivity index (χ2v) is 7.03. The summed E-state index contributed by atoms with van der Waals surface area (Å²) in [5.41, 5.74) is 0.765. The van der Waals surface area contributed by atoms with Crippen LogP contribution in [0.1, 0.15) is 19.4 Å². The number of rotatable bonds is 3. The summed E-state index contributed by atoms with van der Waals surface area (Å²) in [6.07, 6.45) is 0. The lowest BCUT2D eigenvalue weighted by atomic mass is 9.83. The Morgan fingerprint density at radius 2 is 1.57 bits per heavy atom. The molecule has 0 atom stereocenters. The first-order valence-corrected chi connectivity index (χ1v) is 7.87. The molecule has 21 heavy (non-hydrogen) atoms. The molecule has 0 saturated heterocycles. The summed E-state index contributed by atoms with van der Waals surface area (Å²) >= 11 is 15.4. The van der Waals surface area contributed by atoms with Crippen molar-refractivity contribution in [2.75, 3.05) is 5.32 Å². The predicted molar refractivity (Wildman–Crippen MR) is 92.3 cm³/mol. The minimum absolute atomic E-state index is 0.122. The average molecular weight is 387 g/mol. The summed E-state index contributed by atoms with van der Waals surface area (Å²) < 4.78 is 0.960. The predicted octanol–water partition coefficient (Wildman–Crippen LogP) is 5.67. The lowest BCUT2D eigenvalue weighted by Crippen LogP contribution is -2.34. The normalized spacial score (nSPS) is 11.3. The van der Waals surface area contributed by atoms with Crippen molar-refractivity contribution in [1.29, 1.82) is 0 Å². The number of carbonyl (C=O) groups excluding carboxylic acids is 1. The molecule has 5 heteroatoms. The third-order valence-electron chi connectivity index (χ3n) is 3.25. The second kappa shape index (κ2) is 6.39.